The minimum atomic E-state index is 0.172. The molecule has 0 aliphatic heterocycles. The SMILES string of the molecule is CC1(c2nc(CCN)co2)CCCCC1. The van der Waals surface area contributed by atoms with Crippen LogP contribution in [-0.2, 0) is 11.8 Å². The van der Waals surface area contributed by atoms with E-state index in [2.05, 4.69) is 11.9 Å². The van der Waals surface area contributed by atoms with Gasteiger partial charge in [0.1, 0.15) is 6.26 Å². The van der Waals surface area contributed by atoms with Crippen molar-refractivity contribution in [1.29, 1.82) is 0 Å². The molecule has 0 atom stereocenters. The van der Waals surface area contributed by atoms with Crippen molar-refractivity contribution in [2.45, 2.75) is 50.9 Å². The van der Waals surface area contributed by atoms with Crippen LogP contribution in [0.1, 0.15) is 50.6 Å². The molecule has 0 bridgehead atoms. The van der Waals surface area contributed by atoms with E-state index in [9.17, 15) is 0 Å². The van der Waals surface area contributed by atoms with Crippen LogP contribution in [-0.4, -0.2) is 11.5 Å². The third kappa shape index (κ3) is 2.23. The normalized spacial score (nSPS) is 20.4. The van der Waals surface area contributed by atoms with Crippen molar-refractivity contribution in [3.8, 4) is 0 Å². The van der Waals surface area contributed by atoms with Gasteiger partial charge in [0.05, 0.1) is 5.69 Å². The highest BCUT2D eigenvalue weighted by atomic mass is 16.3. The smallest absolute Gasteiger partial charge is 0.200 e. The van der Waals surface area contributed by atoms with Crippen molar-refractivity contribution in [1.82, 2.24) is 4.98 Å². The Morgan fingerprint density at radius 2 is 2.13 bits per heavy atom. The number of nitrogens with zero attached hydrogens (tertiary/aromatic N) is 1. The first-order chi connectivity index (χ1) is 7.24. The molecule has 84 valence electrons. The molecule has 1 fully saturated rings. The Kier molecular flexibility index (Phi) is 3.10. The molecule has 1 heterocycles. The van der Waals surface area contributed by atoms with Crippen molar-refractivity contribution < 1.29 is 4.42 Å². The van der Waals surface area contributed by atoms with Crippen LogP contribution in [0.25, 0.3) is 0 Å². The van der Waals surface area contributed by atoms with Crippen LogP contribution in [0.2, 0.25) is 0 Å². The average molecular weight is 208 g/mol. The Hall–Kier alpha value is -0.830. The van der Waals surface area contributed by atoms with Gasteiger partial charge in [-0.2, -0.15) is 0 Å². The van der Waals surface area contributed by atoms with E-state index < -0.39 is 0 Å². The van der Waals surface area contributed by atoms with E-state index in [4.69, 9.17) is 10.2 Å². The second kappa shape index (κ2) is 4.35. The van der Waals surface area contributed by atoms with E-state index in [1.165, 1.54) is 32.1 Å². The second-order valence-electron chi connectivity index (χ2n) is 4.80. The molecule has 1 aliphatic carbocycles. The zero-order valence-electron chi connectivity index (χ0n) is 9.46. The zero-order valence-corrected chi connectivity index (χ0v) is 9.46. The predicted octanol–water partition coefficient (Wildman–Crippen LogP) is 2.40. The molecule has 0 aromatic carbocycles. The van der Waals surface area contributed by atoms with Crippen molar-refractivity contribution in [3.63, 3.8) is 0 Å². The third-order valence-corrected chi connectivity index (χ3v) is 3.43. The molecular formula is C12H20N2O. The molecule has 15 heavy (non-hydrogen) atoms. The first-order valence-electron chi connectivity index (χ1n) is 5.89. The molecule has 0 amide bonds. The van der Waals surface area contributed by atoms with Crippen LogP contribution in [0.4, 0.5) is 0 Å². The minimum absolute atomic E-state index is 0.172. The van der Waals surface area contributed by atoms with E-state index >= 15 is 0 Å². The van der Waals surface area contributed by atoms with E-state index in [0.717, 1.165) is 18.0 Å². The van der Waals surface area contributed by atoms with E-state index in [1.807, 2.05) is 0 Å². The van der Waals surface area contributed by atoms with Gasteiger partial charge in [-0.3, -0.25) is 0 Å². The lowest BCUT2D eigenvalue weighted by Crippen LogP contribution is -2.25. The van der Waals surface area contributed by atoms with Crippen molar-refractivity contribution >= 4 is 0 Å². The second-order valence-corrected chi connectivity index (χ2v) is 4.80. The molecule has 3 heteroatoms. The van der Waals surface area contributed by atoms with Crippen molar-refractivity contribution in [2.24, 2.45) is 5.73 Å². The van der Waals surface area contributed by atoms with Crippen molar-refractivity contribution in [2.75, 3.05) is 6.54 Å². The Morgan fingerprint density at radius 3 is 2.80 bits per heavy atom. The van der Waals surface area contributed by atoms with E-state index in [0.29, 0.717) is 6.54 Å². The lowest BCUT2D eigenvalue weighted by molar-refractivity contribution is 0.257. The van der Waals surface area contributed by atoms with Crippen LogP contribution in [0.5, 0.6) is 0 Å². The van der Waals surface area contributed by atoms with Gasteiger partial charge in [0.2, 0.25) is 0 Å². The highest BCUT2D eigenvalue weighted by molar-refractivity contribution is 5.08. The summed E-state index contributed by atoms with van der Waals surface area (Å²) in [6, 6.07) is 0. The molecule has 2 N–H and O–H groups in total. The highest BCUT2D eigenvalue weighted by Gasteiger charge is 2.33. The molecular weight excluding hydrogens is 188 g/mol. The Bertz CT molecular complexity index is 313. The van der Waals surface area contributed by atoms with Crippen LogP contribution in [0, 0.1) is 0 Å². The molecule has 1 aliphatic rings. The first kappa shape index (κ1) is 10.7. The van der Waals surface area contributed by atoms with Crippen LogP contribution in [0.3, 0.4) is 0 Å². The quantitative estimate of drug-likeness (QED) is 0.829. The van der Waals surface area contributed by atoms with Gasteiger partial charge in [0.25, 0.3) is 0 Å². The van der Waals surface area contributed by atoms with Gasteiger partial charge in [0.15, 0.2) is 5.89 Å². The van der Waals surface area contributed by atoms with Crippen LogP contribution >= 0.6 is 0 Å². The summed E-state index contributed by atoms with van der Waals surface area (Å²) < 4.78 is 5.59. The fraction of sp³-hybridized carbons (Fsp3) is 0.750. The monoisotopic (exact) mass is 208 g/mol. The summed E-state index contributed by atoms with van der Waals surface area (Å²) in [5, 5.41) is 0. The number of aromatic nitrogens is 1. The standard InChI is InChI=1S/C12H20N2O/c1-12(6-3-2-4-7-12)11-14-10(5-8-13)9-15-11/h9H,2-8,13H2,1H3. The lowest BCUT2D eigenvalue weighted by Gasteiger charge is -2.30. The largest absolute Gasteiger partial charge is 0.448 e. The summed E-state index contributed by atoms with van der Waals surface area (Å²) >= 11 is 0. The van der Waals surface area contributed by atoms with Gasteiger partial charge in [-0.25, -0.2) is 4.98 Å². The molecule has 1 aromatic rings. The van der Waals surface area contributed by atoms with Gasteiger partial charge < -0.3 is 10.2 Å². The maximum atomic E-state index is 5.59. The van der Waals surface area contributed by atoms with Gasteiger partial charge in [-0.1, -0.05) is 26.2 Å². The van der Waals surface area contributed by atoms with Crippen LogP contribution < -0.4 is 5.73 Å². The number of rotatable bonds is 3. The van der Waals surface area contributed by atoms with Crippen LogP contribution in [0.15, 0.2) is 10.7 Å². The Morgan fingerprint density at radius 1 is 1.40 bits per heavy atom. The molecule has 2 rings (SSSR count). The number of hydrogen-bond acceptors (Lipinski definition) is 3. The molecule has 1 aromatic heterocycles. The molecule has 0 spiro atoms. The maximum absolute atomic E-state index is 5.59. The number of oxazole rings is 1. The molecule has 0 unspecified atom stereocenters. The van der Waals surface area contributed by atoms with E-state index in [1.54, 1.807) is 6.26 Å². The summed E-state index contributed by atoms with van der Waals surface area (Å²) in [4.78, 5) is 4.55. The van der Waals surface area contributed by atoms with Gasteiger partial charge in [0, 0.05) is 11.8 Å². The number of hydrogen-bond donors (Lipinski definition) is 1. The van der Waals surface area contributed by atoms with Crippen molar-refractivity contribution in [3.05, 3.63) is 17.8 Å². The third-order valence-electron chi connectivity index (χ3n) is 3.43. The molecule has 0 radical (unpaired) electrons. The van der Waals surface area contributed by atoms with E-state index in [-0.39, 0.29) is 5.41 Å². The lowest BCUT2D eigenvalue weighted by atomic mass is 9.76. The summed E-state index contributed by atoms with van der Waals surface area (Å²) in [7, 11) is 0. The number of nitrogens with two attached hydrogens (primary N) is 1. The van der Waals surface area contributed by atoms with Gasteiger partial charge in [-0.15, -0.1) is 0 Å². The summed E-state index contributed by atoms with van der Waals surface area (Å²) in [6.45, 7) is 2.91. The Labute approximate surface area is 91.1 Å². The first-order valence-corrected chi connectivity index (χ1v) is 5.89. The Balaban J connectivity index is 2.12. The molecule has 3 nitrogen and oxygen atoms in total. The summed E-state index contributed by atoms with van der Waals surface area (Å²) in [5.74, 6) is 0.922. The maximum Gasteiger partial charge on any atom is 0.200 e. The molecule has 0 saturated heterocycles. The fourth-order valence-electron chi connectivity index (χ4n) is 2.39. The predicted molar refractivity (Wildman–Crippen MR) is 59.7 cm³/mol. The fourth-order valence-corrected chi connectivity index (χ4v) is 2.39. The van der Waals surface area contributed by atoms with Gasteiger partial charge >= 0.3 is 0 Å². The topological polar surface area (TPSA) is 52.0 Å². The minimum Gasteiger partial charge on any atom is -0.448 e. The van der Waals surface area contributed by atoms with Gasteiger partial charge in [-0.05, 0) is 19.4 Å². The zero-order chi connectivity index (χ0) is 10.7. The summed E-state index contributed by atoms with van der Waals surface area (Å²) in [6.07, 6.45) is 8.94. The summed E-state index contributed by atoms with van der Waals surface area (Å²) in [5.41, 5.74) is 6.67. The average Bonchev–Trinajstić information content (AvgIpc) is 2.69. The highest BCUT2D eigenvalue weighted by Crippen LogP contribution is 2.38. The molecule has 1 saturated carbocycles.